The molecule has 0 atom stereocenters. The average molecular weight is 261 g/mol. The second kappa shape index (κ2) is 8.14. The second-order valence-electron chi connectivity index (χ2n) is 3.86. The molecule has 0 saturated heterocycles. The molecular weight excluding hydrogens is 242 g/mol. The molecule has 1 aromatic carbocycles. The van der Waals surface area contributed by atoms with E-state index in [9.17, 15) is 4.79 Å². The molecule has 5 nitrogen and oxygen atoms in total. The number of ether oxygens (including phenoxy) is 1. The van der Waals surface area contributed by atoms with Gasteiger partial charge in [0.2, 0.25) is 5.91 Å². The Bertz CT molecular complexity index is 489. The monoisotopic (exact) mass is 261 g/mol. The third-order valence-corrected chi connectivity index (χ3v) is 2.42. The lowest BCUT2D eigenvalue weighted by Gasteiger charge is -2.08. The normalized spacial score (nSPS) is 9.42. The van der Waals surface area contributed by atoms with Gasteiger partial charge < -0.3 is 21.5 Å². The zero-order valence-electron chi connectivity index (χ0n) is 11.0. The number of amides is 1. The van der Waals surface area contributed by atoms with Gasteiger partial charge in [-0.25, -0.2) is 0 Å². The second-order valence-corrected chi connectivity index (χ2v) is 3.86. The van der Waals surface area contributed by atoms with Gasteiger partial charge in [-0.3, -0.25) is 4.79 Å². The van der Waals surface area contributed by atoms with Crippen LogP contribution in [0.3, 0.4) is 0 Å². The van der Waals surface area contributed by atoms with Gasteiger partial charge in [0.1, 0.15) is 5.75 Å². The maximum atomic E-state index is 11.6. The van der Waals surface area contributed by atoms with Crippen molar-refractivity contribution in [3.63, 3.8) is 0 Å². The van der Waals surface area contributed by atoms with Crippen LogP contribution in [0.15, 0.2) is 18.2 Å². The van der Waals surface area contributed by atoms with Crippen molar-refractivity contribution in [2.45, 2.75) is 12.8 Å². The molecule has 0 spiro atoms. The van der Waals surface area contributed by atoms with Gasteiger partial charge in [-0.05, 0) is 25.1 Å². The highest BCUT2D eigenvalue weighted by atomic mass is 16.5. The Morgan fingerprint density at radius 3 is 2.84 bits per heavy atom. The lowest BCUT2D eigenvalue weighted by Crippen LogP contribution is -2.13. The summed E-state index contributed by atoms with van der Waals surface area (Å²) >= 11 is 0. The first-order valence-corrected chi connectivity index (χ1v) is 6.08. The number of anilines is 1. The van der Waals surface area contributed by atoms with Crippen molar-refractivity contribution in [1.82, 2.24) is 0 Å². The highest BCUT2D eigenvalue weighted by Gasteiger charge is 2.05. The molecule has 0 aliphatic carbocycles. The summed E-state index contributed by atoms with van der Waals surface area (Å²) in [5, 5.41) is 2.79. The summed E-state index contributed by atoms with van der Waals surface area (Å²) in [6.07, 6.45) is 1.08. The van der Waals surface area contributed by atoms with E-state index in [0.29, 0.717) is 37.4 Å². The van der Waals surface area contributed by atoms with Crippen molar-refractivity contribution in [2.24, 2.45) is 11.5 Å². The predicted octanol–water partition coefficient (Wildman–Crippen LogP) is 0.683. The van der Waals surface area contributed by atoms with Gasteiger partial charge >= 0.3 is 0 Å². The molecule has 0 fully saturated rings. The number of methoxy groups -OCH3 is 1. The maximum Gasteiger partial charge on any atom is 0.224 e. The van der Waals surface area contributed by atoms with Crippen LogP contribution in [0, 0.1) is 11.8 Å². The van der Waals surface area contributed by atoms with Crippen LogP contribution in [0.5, 0.6) is 5.75 Å². The lowest BCUT2D eigenvalue weighted by atomic mass is 10.1. The van der Waals surface area contributed by atoms with Crippen molar-refractivity contribution in [1.29, 1.82) is 0 Å². The van der Waals surface area contributed by atoms with Gasteiger partial charge in [0, 0.05) is 18.2 Å². The maximum absolute atomic E-state index is 11.6. The quantitative estimate of drug-likeness (QED) is 0.680. The van der Waals surface area contributed by atoms with Crippen LogP contribution in [0.4, 0.5) is 5.69 Å². The van der Waals surface area contributed by atoms with Gasteiger partial charge in [0.25, 0.3) is 0 Å². The molecule has 1 rings (SSSR count). The molecule has 5 N–H and O–H groups in total. The van der Waals surface area contributed by atoms with Gasteiger partial charge in [0.05, 0.1) is 19.2 Å². The molecule has 1 amide bonds. The standard InChI is InChI=1S/C14H19N3O2/c1-19-13-10-12(17-14(18)5-3-9-16)7-6-11(13)4-2-8-15/h6-7,10H,3,5,8-9,15-16H2,1H3,(H,17,18). The van der Waals surface area contributed by atoms with Crippen molar-refractivity contribution in [3.05, 3.63) is 23.8 Å². The first-order valence-electron chi connectivity index (χ1n) is 6.08. The third-order valence-electron chi connectivity index (χ3n) is 2.42. The smallest absolute Gasteiger partial charge is 0.224 e. The number of carbonyl (C=O) groups is 1. The summed E-state index contributed by atoms with van der Waals surface area (Å²) in [4.78, 5) is 11.6. The first kappa shape index (κ1) is 15.0. The van der Waals surface area contributed by atoms with Gasteiger partial charge in [-0.2, -0.15) is 0 Å². The minimum Gasteiger partial charge on any atom is -0.495 e. The van der Waals surface area contributed by atoms with Gasteiger partial charge in [0.15, 0.2) is 0 Å². The molecule has 0 saturated carbocycles. The average Bonchev–Trinajstić information content (AvgIpc) is 2.43. The zero-order chi connectivity index (χ0) is 14.1. The molecule has 0 unspecified atom stereocenters. The van der Waals surface area contributed by atoms with E-state index in [4.69, 9.17) is 16.2 Å². The molecule has 0 aromatic heterocycles. The van der Waals surface area contributed by atoms with E-state index in [-0.39, 0.29) is 5.91 Å². The summed E-state index contributed by atoms with van der Waals surface area (Å²) in [6, 6.07) is 5.31. The molecule has 5 heteroatoms. The predicted molar refractivity (Wildman–Crippen MR) is 75.8 cm³/mol. The van der Waals surface area contributed by atoms with Crippen LogP contribution in [0.25, 0.3) is 0 Å². The number of hydrogen-bond acceptors (Lipinski definition) is 4. The Hall–Kier alpha value is -2.03. The van der Waals surface area contributed by atoms with E-state index in [1.165, 1.54) is 0 Å². The number of nitrogens with one attached hydrogen (secondary N) is 1. The fraction of sp³-hybridized carbons (Fsp3) is 0.357. The van der Waals surface area contributed by atoms with Crippen LogP contribution in [-0.4, -0.2) is 26.1 Å². The number of nitrogens with two attached hydrogens (primary N) is 2. The Morgan fingerprint density at radius 1 is 1.42 bits per heavy atom. The lowest BCUT2D eigenvalue weighted by molar-refractivity contribution is -0.116. The zero-order valence-corrected chi connectivity index (χ0v) is 11.0. The SMILES string of the molecule is COc1cc(NC(=O)CCCN)ccc1C#CCN. The van der Waals surface area contributed by atoms with Gasteiger partial charge in [-0.15, -0.1) is 0 Å². The summed E-state index contributed by atoms with van der Waals surface area (Å²) in [5.74, 6) is 6.22. The topological polar surface area (TPSA) is 90.4 Å². The largest absolute Gasteiger partial charge is 0.495 e. The summed E-state index contributed by atoms with van der Waals surface area (Å²) in [6.45, 7) is 0.797. The van der Waals surface area contributed by atoms with Crippen LogP contribution in [-0.2, 0) is 4.79 Å². The molecule has 0 radical (unpaired) electrons. The minimum atomic E-state index is -0.0618. The minimum absolute atomic E-state index is 0.0618. The molecule has 0 aliphatic heterocycles. The third kappa shape index (κ3) is 5.00. The van der Waals surface area contributed by atoms with Crippen molar-refractivity contribution >= 4 is 11.6 Å². The molecule has 1 aromatic rings. The molecule has 0 aliphatic rings. The fourth-order valence-corrected chi connectivity index (χ4v) is 1.50. The summed E-state index contributed by atoms with van der Waals surface area (Å²) in [7, 11) is 1.56. The molecular formula is C14H19N3O2. The number of benzene rings is 1. The Labute approximate surface area is 113 Å². The molecule has 0 bridgehead atoms. The van der Waals surface area contributed by atoms with E-state index in [0.717, 1.165) is 5.56 Å². The van der Waals surface area contributed by atoms with E-state index in [1.807, 2.05) is 0 Å². The highest BCUT2D eigenvalue weighted by molar-refractivity contribution is 5.91. The van der Waals surface area contributed by atoms with Crippen LogP contribution >= 0.6 is 0 Å². The van der Waals surface area contributed by atoms with Crippen molar-refractivity contribution < 1.29 is 9.53 Å². The van der Waals surface area contributed by atoms with Crippen molar-refractivity contribution in [2.75, 3.05) is 25.5 Å². The Balaban J connectivity index is 2.79. The van der Waals surface area contributed by atoms with Crippen molar-refractivity contribution in [3.8, 4) is 17.6 Å². The molecule has 0 heterocycles. The number of rotatable bonds is 5. The molecule has 102 valence electrons. The van der Waals surface area contributed by atoms with E-state index < -0.39 is 0 Å². The highest BCUT2D eigenvalue weighted by Crippen LogP contribution is 2.22. The Morgan fingerprint density at radius 2 is 2.21 bits per heavy atom. The van der Waals surface area contributed by atoms with E-state index in [2.05, 4.69) is 17.2 Å². The van der Waals surface area contributed by atoms with Crippen LogP contribution in [0.2, 0.25) is 0 Å². The van der Waals surface area contributed by atoms with Gasteiger partial charge in [-0.1, -0.05) is 11.8 Å². The number of hydrogen-bond donors (Lipinski definition) is 3. The number of carbonyl (C=O) groups excluding carboxylic acids is 1. The first-order chi connectivity index (χ1) is 9.21. The molecule has 19 heavy (non-hydrogen) atoms. The Kier molecular flexibility index (Phi) is 6.44. The van der Waals surface area contributed by atoms with E-state index >= 15 is 0 Å². The fourth-order valence-electron chi connectivity index (χ4n) is 1.50. The van der Waals surface area contributed by atoms with Crippen LogP contribution < -0.4 is 21.5 Å². The summed E-state index contributed by atoms with van der Waals surface area (Å²) in [5.41, 5.74) is 12.1. The summed E-state index contributed by atoms with van der Waals surface area (Å²) < 4.78 is 5.23. The van der Waals surface area contributed by atoms with E-state index in [1.54, 1.807) is 25.3 Å². The van der Waals surface area contributed by atoms with Crippen LogP contribution in [0.1, 0.15) is 18.4 Å².